The van der Waals surface area contributed by atoms with Crippen molar-refractivity contribution in [3.63, 3.8) is 0 Å². The van der Waals surface area contributed by atoms with Gasteiger partial charge in [-0.1, -0.05) is 0 Å². The minimum atomic E-state index is -1.56. The molecule has 0 saturated carbocycles. The Morgan fingerprint density at radius 1 is 1.24 bits per heavy atom. The van der Waals surface area contributed by atoms with Crippen LogP contribution in [0.3, 0.4) is 0 Å². The van der Waals surface area contributed by atoms with Gasteiger partial charge in [0.05, 0.1) is 29.0 Å². The molecule has 4 aliphatic rings. The minimum absolute atomic E-state index is 0.209. The van der Waals surface area contributed by atoms with E-state index in [1.165, 1.54) is 6.07 Å². The van der Waals surface area contributed by atoms with Crippen LogP contribution < -0.4 is 5.56 Å². The first-order valence-electron chi connectivity index (χ1n) is 12.4. The van der Waals surface area contributed by atoms with E-state index in [1.54, 1.807) is 22.5 Å². The normalized spacial score (nSPS) is 23.3. The highest BCUT2D eigenvalue weighted by Crippen LogP contribution is 2.51. The lowest BCUT2D eigenvalue weighted by molar-refractivity contribution is -0.157. The Kier molecular flexibility index (Phi) is 4.54. The lowest BCUT2D eigenvalue weighted by atomic mass is 9.67. The summed E-state index contributed by atoms with van der Waals surface area (Å²) >= 11 is 0. The summed E-state index contributed by atoms with van der Waals surface area (Å²) in [5.74, 6) is -1.48. The summed E-state index contributed by atoms with van der Waals surface area (Å²) in [6.07, 6.45) is 0.467. The number of hydrogen-bond acceptors (Lipinski definition) is 7. The molecule has 0 radical (unpaired) electrons. The number of aryl methyl sites for hydroxylation is 1. The van der Waals surface area contributed by atoms with Crippen molar-refractivity contribution in [2.45, 2.75) is 50.9 Å². The minimum Gasteiger partial charge on any atom is -0.458 e. The summed E-state index contributed by atoms with van der Waals surface area (Å²) in [4.78, 5) is 44.4. The molecule has 10 heteroatoms. The molecule has 5 heterocycles. The van der Waals surface area contributed by atoms with Gasteiger partial charge in [0.15, 0.2) is 6.10 Å². The number of hydrogen-bond donors (Lipinski definition) is 2. The molecule has 37 heavy (non-hydrogen) atoms. The summed E-state index contributed by atoms with van der Waals surface area (Å²) in [7, 11) is 0. The molecule has 1 fully saturated rings. The molecular weight excluding hydrogens is 481 g/mol. The number of aliphatic hydroxyl groups is 2. The molecule has 2 aromatic heterocycles. The lowest BCUT2D eigenvalue weighted by Gasteiger charge is -2.37. The van der Waals surface area contributed by atoms with Gasteiger partial charge in [0.25, 0.3) is 5.56 Å². The zero-order valence-electron chi connectivity index (χ0n) is 20.1. The third-order valence-corrected chi connectivity index (χ3v) is 8.80. The Labute approximate surface area is 210 Å². The highest BCUT2D eigenvalue weighted by atomic mass is 19.1. The van der Waals surface area contributed by atoms with Gasteiger partial charge >= 0.3 is 5.97 Å². The summed E-state index contributed by atoms with van der Waals surface area (Å²) in [6, 6.07) is 3.05. The van der Waals surface area contributed by atoms with E-state index in [0.717, 1.165) is 22.1 Å². The van der Waals surface area contributed by atoms with Gasteiger partial charge in [-0.3, -0.25) is 9.59 Å². The molecule has 7 rings (SSSR count). The molecule has 3 aliphatic heterocycles. The molecule has 1 saturated heterocycles. The SMILES string of the molecule is Cc1c(F)cc2nc3c(c4c2c1CCC41CCN(C(=O)CO)C1)Cn1c-3cc2c(c1=O)COC(=O)[C@H]2O. The average Bonchev–Trinajstić information content (AvgIpc) is 3.48. The summed E-state index contributed by atoms with van der Waals surface area (Å²) in [5, 5.41) is 20.8. The van der Waals surface area contributed by atoms with Crippen molar-refractivity contribution < 1.29 is 28.9 Å². The van der Waals surface area contributed by atoms with Crippen LogP contribution in [0.4, 0.5) is 4.39 Å². The summed E-state index contributed by atoms with van der Waals surface area (Å²) in [5.41, 5.74) is 4.45. The van der Waals surface area contributed by atoms with Crippen molar-refractivity contribution in [2.75, 3.05) is 19.7 Å². The Morgan fingerprint density at radius 3 is 2.84 bits per heavy atom. The molecule has 1 unspecified atom stereocenters. The van der Waals surface area contributed by atoms with Crippen LogP contribution in [0.5, 0.6) is 0 Å². The van der Waals surface area contributed by atoms with E-state index in [9.17, 15) is 24.6 Å². The predicted molar refractivity (Wildman–Crippen MR) is 128 cm³/mol. The Hall–Kier alpha value is -3.63. The number of ether oxygens (including phenoxy) is 1. The highest BCUT2D eigenvalue weighted by molar-refractivity contribution is 5.94. The van der Waals surface area contributed by atoms with Crippen LogP contribution in [0.15, 0.2) is 16.9 Å². The fourth-order valence-electron chi connectivity index (χ4n) is 6.91. The Balaban J connectivity index is 1.52. The van der Waals surface area contributed by atoms with Crippen LogP contribution in [-0.4, -0.2) is 56.2 Å². The fraction of sp³-hybridized carbons (Fsp3) is 0.407. The highest BCUT2D eigenvalue weighted by Gasteiger charge is 2.47. The standard InChI is InChI=1S/C27H24FN3O6/c1-12-13-2-3-27(4-5-30(11-27)20(33)9-32)22-15-8-31-19(23(15)29-18(21(13)22)7-17(12)28)6-14-16(25(31)35)10-37-26(36)24(14)34/h6-7,24,32,34H,2-5,8-11H2,1H3/t24-,27?/m0/s1. The van der Waals surface area contributed by atoms with Crippen LogP contribution in [0.2, 0.25) is 0 Å². The third kappa shape index (κ3) is 2.85. The van der Waals surface area contributed by atoms with Gasteiger partial charge in [-0.2, -0.15) is 0 Å². The van der Waals surface area contributed by atoms with Gasteiger partial charge in [0, 0.05) is 41.1 Å². The second-order valence-corrected chi connectivity index (χ2v) is 10.5. The van der Waals surface area contributed by atoms with E-state index < -0.39 is 24.1 Å². The van der Waals surface area contributed by atoms with Gasteiger partial charge in [-0.25, -0.2) is 14.2 Å². The van der Waals surface area contributed by atoms with Crippen LogP contribution in [-0.2, 0) is 39.3 Å². The number of likely N-dealkylation sites (tertiary alicyclic amines) is 1. The maximum Gasteiger partial charge on any atom is 0.340 e. The molecule has 3 aromatic rings. The molecule has 1 spiro atoms. The smallest absolute Gasteiger partial charge is 0.340 e. The van der Waals surface area contributed by atoms with Gasteiger partial charge in [0.1, 0.15) is 19.0 Å². The molecule has 1 aromatic carbocycles. The van der Waals surface area contributed by atoms with Crippen molar-refractivity contribution in [2.24, 2.45) is 0 Å². The van der Waals surface area contributed by atoms with E-state index in [1.807, 2.05) is 0 Å². The number of benzene rings is 1. The maximum atomic E-state index is 15.0. The first-order chi connectivity index (χ1) is 17.7. The van der Waals surface area contributed by atoms with Crippen molar-refractivity contribution in [1.82, 2.24) is 14.5 Å². The van der Waals surface area contributed by atoms with Crippen molar-refractivity contribution in [3.8, 4) is 11.4 Å². The quantitative estimate of drug-likeness (QED) is 0.375. The largest absolute Gasteiger partial charge is 0.458 e. The zero-order valence-corrected chi connectivity index (χ0v) is 20.1. The zero-order chi connectivity index (χ0) is 25.8. The average molecular weight is 506 g/mol. The number of amides is 1. The Morgan fingerprint density at radius 2 is 2.05 bits per heavy atom. The number of esters is 1. The first kappa shape index (κ1) is 22.6. The number of rotatable bonds is 1. The monoisotopic (exact) mass is 505 g/mol. The number of pyridine rings is 2. The van der Waals surface area contributed by atoms with Crippen molar-refractivity contribution >= 4 is 22.8 Å². The molecule has 1 amide bonds. The van der Waals surface area contributed by atoms with E-state index >= 15 is 4.39 Å². The summed E-state index contributed by atoms with van der Waals surface area (Å²) < 4.78 is 21.6. The van der Waals surface area contributed by atoms with Crippen LogP contribution in [0.25, 0.3) is 22.3 Å². The van der Waals surface area contributed by atoms with Gasteiger partial charge in [-0.05, 0) is 48.9 Å². The Bertz CT molecular complexity index is 1650. The topological polar surface area (TPSA) is 122 Å². The predicted octanol–water partition coefficient (Wildman–Crippen LogP) is 1.37. The van der Waals surface area contributed by atoms with Gasteiger partial charge in [-0.15, -0.1) is 0 Å². The lowest BCUT2D eigenvalue weighted by Crippen LogP contribution is -2.38. The van der Waals surface area contributed by atoms with E-state index in [2.05, 4.69) is 0 Å². The van der Waals surface area contributed by atoms with E-state index in [-0.39, 0.29) is 41.6 Å². The number of carbonyl (C=O) groups is 2. The van der Waals surface area contributed by atoms with Crippen LogP contribution in [0, 0.1) is 12.7 Å². The molecule has 190 valence electrons. The van der Waals surface area contributed by atoms with Gasteiger partial charge < -0.3 is 24.4 Å². The second-order valence-electron chi connectivity index (χ2n) is 10.5. The van der Waals surface area contributed by atoms with Crippen LogP contribution in [0.1, 0.15) is 52.3 Å². The van der Waals surface area contributed by atoms with Crippen molar-refractivity contribution in [3.05, 3.63) is 61.7 Å². The molecule has 2 atom stereocenters. The molecule has 1 aliphatic carbocycles. The number of cyclic esters (lactones) is 1. The second kappa shape index (κ2) is 7.45. The van der Waals surface area contributed by atoms with E-state index in [0.29, 0.717) is 54.8 Å². The number of aromatic nitrogens is 2. The van der Waals surface area contributed by atoms with E-state index in [4.69, 9.17) is 9.72 Å². The van der Waals surface area contributed by atoms with Crippen molar-refractivity contribution in [1.29, 1.82) is 0 Å². The van der Waals surface area contributed by atoms with Gasteiger partial charge in [0.2, 0.25) is 5.91 Å². The van der Waals surface area contributed by atoms with Crippen LogP contribution >= 0.6 is 0 Å². The summed E-state index contributed by atoms with van der Waals surface area (Å²) in [6.45, 7) is 2.17. The molecular formula is C27H24FN3O6. The fourth-order valence-corrected chi connectivity index (χ4v) is 6.91. The number of aliphatic hydroxyl groups excluding tert-OH is 2. The first-order valence-corrected chi connectivity index (χ1v) is 12.4. The third-order valence-electron chi connectivity index (χ3n) is 8.80. The number of nitrogens with zero attached hydrogens (tertiary/aromatic N) is 3. The number of carbonyl (C=O) groups excluding carboxylic acids is 2. The molecule has 9 nitrogen and oxygen atoms in total. The number of halogens is 1. The maximum absolute atomic E-state index is 15.0. The molecule has 2 N–H and O–H groups in total. The number of fused-ring (bicyclic) bond motifs is 6. The molecule has 0 bridgehead atoms.